The van der Waals surface area contributed by atoms with Crippen molar-refractivity contribution in [1.29, 1.82) is 0 Å². The minimum atomic E-state index is -0.775. The van der Waals surface area contributed by atoms with E-state index >= 15 is 0 Å². The first kappa shape index (κ1) is 16.4. The lowest BCUT2D eigenvalue weighted by atomic mass is 10.1. The fourth-order valence-corrected chi connectivity index (χ4v) is 2.45. The van der Waals surface area contributed by atoms with Crippen LogP contribution in [0.25, 0.3) is 6.08 Å². The summed E-state index contributed by atoms with van der Waals surface area (Å²) in [7, 11) is 1.31. The second-order valence-corrected chi connectivity index (χ2v) is 5.75. The van der Waals surface area contributed by atoms with Crippen molar-refractivity contribution < 1.29 is 9.90 Å². The molecule has 2 N–H and O–H groups in total. The van der Waals surface area contributed by atoms with Crippen molar-refractivity contribution in [1.82, 2.24) is 9.55 Å². The number of nitrogens with one attached hydrogen (secondary N) is 1. The highest BCUT2D eigenvalue weighted by molar-refractivity contribution is 6.32. The van der Waals surface area contributed by atoms with Crippen LogP contribution in [0.15, 0.2) is 44.5 Å². The molecule has 0 aliphatic carbocycles. The number of hydrogen-bond donors (Lipinski definition) is 2. The van der Waals surface area contributed by atoms with Crippen LogP contribution in [0.4, 0.5) is 5.69 Å². The van der Waals surface area contributed by atoms with Gasteiger partial charge in [-0.25, -0.2) is 4.79 Å². The summed E-state index contributed by atoms with van der Waals surface area (Å²) in [6, 6.07) is 7.25. The smallest absolute Gasteiger partial charge is 0.330 e. The number of aromatic amines is 1. The zero-order valence-corrected chi connectivity index (χ0v) is 13.9. The SMILES string of the molecule is CC1=NN(c2ccc(C)cc2)C(=O)/C1=C\c1c(O)n(C)c(=O)[nH]c1=O. The molecule has 0 saturated heterocycles. The molecular weight excluding hydrogens is 324 g/mol. The molecule has 0 unspecified atom stereocenters. The topological polar surface area (TPSA) is 108 Å². The lowest BCUT2D eigenvalue weighted by Crippen LogP contribution is -2.30. The van der Waals surface area contributed by atoms with E-state index in [1.54, 1.807) is 19.1 Å². The van der Waals surface area contributed by atoms with Crippen molar-refractivity contribution in [3.63, 3.8) is 0 Å². The Kier molecular flexibility index (Phi) is 3.88. The van der Waals surface area contributed by atoms with Crippen LogP contribution >= 0.6 is 0 Å². The lowest BCUT2D eigenvalue weighted by Gasteiger charge is -2.11. The van der Waals surface area contributed by atoms with E-state index in [0.29, 0.717) is 11.4 Å². The number of aromatic hydroxyl groups is 1. The van der Waals surface area contributed by atoms with Crippen molar-refractivity contribution in [2.45, 2.75) is 13.8 Å². The van der Waals surface area contributed by atoms with E-state index in [4.69, 9.17) is 0 Å². The average molecular weight is 340 g/mol. The largest absolute Gasteiger partial charge is 0.494 e. The molecule has 0 spiro atoms. The Morgan fingerprint density at radius 1 is 1.12 bits per heavy atom. The molecule has 8 heteroatoms. The molecule has 0 bridgehead atoms. The van der Waals surface area contributed by atoms with Gasteiger partial charge in [-0.15, -0.1) is 0 Å². The van der Waals surface area contributed by atoms with Crippen LogP contribution in [-0.2, 0) is 11.8 Å². The zero-order chi connectivity index (χ0) is 18.3. The predicted molar refractivity (Wildman–Crippen MR) is 93.7 cm³/mol. The van der Waals surface area contributed by atoms with E-state index in [1.165, 1.54) is 18.1 Å². The third-order valence-electron chi connectivity index (χ3n) is 3.96. The number of aromatic nitrogens is 2. The van der Waals surface area contributed by atoms with Crippen LogP contribution in [0.1, 0.15) is 18.1 Å². The molecule has 1 aromatic heterocycles. The van der Waals surface area contributed by atoms with Gasteiger partial charge >= 0.3 is 5.69 Å². The summed E-state index contributed by atoms with van der Waals surface area (Å²) in [5.41, 5.74) is 0.519. The lowest BCUT2D eigenvalue weighted by molar-refractivity contribution is -0.114. The summed E-state index contributed by atoms with van der Waals surface area (Å²) in [5, 5.41) is 15.5. The van der Waals surface area contributed by atoms with Crippen molar-refractivity contribution in [2.24, 2.45) is 12.1 Å². The monoisotopic (exact) mass is 340 g/mol. The van der Waals surface area contributed by atoms with Gasteiger partial charge in [-0.2, -0.15) is 10.1 Å². The van der Waals surface area contributed by atoms with Crippen LogP contribution in [0.3, 0.4) is 0 Å². The standard InChI is InChI=1S/C17H16N4O4/c1-9-4-6-11(7-5-9)21-16(24)12(10(2)19-21)8-13-14(22)18-17(25)20(3)15(13)23/h4-8,23H,1-3H3,(H,18,22,25)/b12-8-. The molecule has 8 nitrogen and oxygen atoms in total. The molecule has 2 heterocycles. The molecule has 0 fully saturated rings. The first-order valence-corrected chi connectivity index (χ1v) is 7.50. The number of aryl methyl sites for hydroxylation is 1. The van der Waals surface area contributed by atoms with Gasteiger partial charge < -0.3 is 5.11 Å². The number of hydrazone groups is 1. The molecule has 25 heavy (non-hydrogen) atoms. The van der Waals surface area contributed by atoms with Crippen molar-refractivity contribution >= 4 is 23.4 Å². The number of amides is 1. The van der Waals surface area contributed by atoms with E-state index in [-0.39, 0.29) is 11.1 Å². The highest BCUT2D eigenvalue weighted by atomic mass is 16.3. The van der Waals surface area contributed by atoms with Gasteiger partial charge in [-0.1, -0.05) is 17.7 Å². The second kappa shape index (κ2) is 5.90. The van der Waals surface area contributed by atoms with Gasteiger partial charge in [0.05, 0.1) is 17.0 Å². The van der Waals surface area contributed by atoms with Crippen LogP contribution in [0, 0.1) is 6.92 Å². The van der Waals surface area contributed by atoms with E-state index in [1.807, 2.05) is 19.1 Å². The maximum atomic E-state index is 12.7. The molecule has 1 aromatic carbocycles. The van der Waals surface area contributed by atoms with Gasteiger partial charge in [0, 0.05) is 7.05 Å². The maximum Gasteiger partial charge on any atom is 0.330 e. The molecule has 2 aromatic rings. The molecule has 3 rings (SSSR count). The first-order valence-electron chi connectivity index (χ1n) is 7.50. The van der Waals surface area contributed by atoms with Gasteiger partial charge in [0.1, 0.15) is 5.56 Å². The number of carbonyl (C=O) groups is 1. The number of H-pyrrole nitrogens is 1. The minimum absolute atomic E-state index is 0.167. The Morgan fingerprint density at radius 2 is 1.76 bits per heavy atom. The minimum Gasteiger partial charge on any atom is -0.494 e. The van der Waals surface area contributed by atoms with Gasteiger partial charge in [0.2, 0.25) is 5.88 Å². The third-order valence-corrected chi connectivity index (χ3v) is 3.96. The van der Waals surface area contributed by atoms with Crippen molar-refractivity contribution in [3.8, 4) is 5.88 Å². The number of hydrogen-bond acceptors (Lipinski definition) is 5. The van der Waals surface area contributed by atoms with E-state index in [0.717, 1.165) is 10.1 Å². The molecule has 0 atom stereocenters. The highest BCUT2D eigenvalue weighted by Crippen LogP contribution is 2.25. The van der Waals surface area contributed by atoms with E-state index < -0.39 is 23.0 Å². The van der Waals surface area contributed by atoms with Crippen LogP contribution < -0.4 is 16.3 Å². The predicted octanol–water partition coefficient (Wildman–Crippen LogP) is 0.894. The zero-order valence-electron chi connectivity index (χ0n) is 13.9. The summed E-state index contributed by atoms with van der Waals surface area (Å²) in [6.07, 6.45) is 1.24. The number of anilines is 1. The Morgan fingerprint density at radius 3 is 2.40 bits per heavy atom. The normalized spacial score (nSPS) is 15.8. The summed E-state index contributed by atoms with van der Waals surface area (Å²) in [5.74, 6) is -0.940. The second-order valence-electron chi connectivity index (χ2n) is 5.75. The fraction of sp³-hybridized carbons (Fsp3) is 0.176. The Balaban J connectivity index is 2.07. The highest BCUT2D eigenvalue weighted by Gasteiger charge is 2.29. The Hall–Kier alpha value is -3.42. The number of nitrogens with zero attached hydrogens (tertiary/aromatic N) is 3. The van der Waals surface area contributed by atoms with Crippen LogP contribution in [0.2, 0.25) is 0 Å². The molecular formula is C17H16N4O4. The van der Waals surface area contributed by atoms with Crippen LogP contribution in [-0.4, -0.2) is 26.3 Å². The molecule has 0 saturated carbocycles. The number of benzene rings is 1. The van der Waals surface area contributed by atoms with E-state index in [2.05, 4.69) is 10.1 Å². The number of rotatable bonds is 2. The molecule has 1 aliphatic heterocycles. The Labute approximate surface area is 142 Å². The van der Waals surface area contributed by atoms with Gasteiger partial charge in [-0.3, -0.25) is 19.1 Å². The van der Waals surface area contributed by atoms with E-state index in [9.17, 15) is 19.5 Å². The summed E-state index contributed by atoms with van der Waals surface area (Å²) in [4.78, 5) is 38.2. The quantitative estimate of drug-likeness (QED) is 0.792. The molecule has 1 aliphatic rings. The van der Waals surface area contributed by atoms with Crippen molar-refractivity contribution in [2.75, 3.05) is 5.01 Å². The maximum absolute atomic E-state index is 12.7. The summed E-state index contributed by atoms with van der Waals surface area (Å²) < 4.78 is 0.886. The fourth-order valence-electron chi connectivity index (χ4n) is 2.45. The van der Waals surface area contributed by atoms with Crippen LogP contribution in [0.5, 0.6) is 5.88 Å². The summed E-state index contributed by atoms with van der Waals surface area (Å²) in [6.45, 7) is 3.56. The number of carbonyl (C=O) groups excluding carboxylic acids is 1. The van der Waals surface area contributed by atoms with Crippen molar-refractivity contribution in [3.05, 3.63) is 61.8 Å². The summed E-state index contributed by atoms with van der Waals surface area (Å²) >= 11 is 0. The third kappa shape index (κ3) is 2.78. The van der Waals surface area contributed by atoms with Gasteiger partial charge in [0.25, 0.3) is 11.5 Å². The Bertz CT molecular complexity index is 1040. The first-order chi connectivity index (χ1) is 11.8. The molecule has 1 amide bonds. The van der Waals surface area contributed by atoms with Gasteiger partial charge in [0.15, 0.2) is 0 Å². The van der Waals surface area contributed by atoms with Gasteiger partial charge in [-0.05, 0) is 32.1 Å². The average Bonchev–Trinajstić information content (AvgIpc) is 2.85. The molecule has 128 valence electrons. The molecule has 0 radical (unpaired) electrons.